The number of fused-ring (bicyclic) bond motifs is 1. The molecule has 2 amide bonds. The van der Waals surface area contributed by atoms with Crippen LogP contribution >= 0.6 is 0 Å². The van der Waals surface area contributed by atoms with E-state index in [1.54, 1.807) is 66.7 Å². The van der Waals surface area contributed by atoms with Gasteiger partial charge in [-0.15, -0.1) is 10.2 Å². The topological polar surface area (TPSA) is 99.4 Å². The van der Waals surface area contributed by atoms with Gasteiger partial charge >= 0.3 is 6.18 Å². The fourth-order valence-corrected chi connectivity index (χ4v) is 4.54. The molecule has 204 valence electrons. The van der Waals surface area contributed by atoms with Crippen LogP contribution in [0.2, 0.25) is 0 Å². The highest BCUT2D eigenvalue weighted by molar-refractivity contribution is 6.24. The second-order valence-electron chi connectivity index (χ2n) is 8.99. The molecule has 0 spiro atoms. The monoisotopic (exact) mass is 555 g/mol. The number of carbonyl (C=O) groups is 3. The van der Waals surface area contributed by atoms with E-state index in [9.17, 15) is 32.7 Å². The molecule has 0 unspecified atom stereocenters. The average Bonchev–Trinajstić information content (AvgIpc) is 3.24. The third kappa shape index (κ3) is 5.27. The van der Waals surface area contributed by atoms with Crippen molar-refractivity contribution < 1.29 is 32.7 Å². The summed E-state index contributed by atoms with van der Waals surface area (Å²) in [6.45, 7) is 0. The number of nitrogens with zero attached hydrogens (tertiary/aromatic N) is 3. The number of imide groups is 1. The lowest BCUT2D eigenvalue weighted by molar-refractivity contribution is -0.166. The molecule has 7 nitrogen and oxygen atoms in total. The van der Waals surface area contributed by atoms with Crippen LogP contribution in [0.5, 0.6) is 0 Å². The Bertz CT molecular complexity index is 1650. The number of rotatable bonds is 7. The van der Waals surface area contributed by atoms with Crippen LogP contribution in [0.3, 0.4) is 0 Å². The van der Waals surface area contributed by atoms with Gasteiger partial charge in [0.25, 0.3) is 17.6 Å². The van der Waals surface area contributed by atoms with Gasteiger partial charge in [0.05, 0.1) is 22.9 Å². The van der Waals surface area contributed by atoms with Crippen molar-refractivity contribution in [3.63, 3.8) is 0 Å². The summed E-state index contributed by atoms with van der Waals surface area (Å²) in [5.41, 5.74) is -0.587. The standard InChI is InChI=1S/C31H20F3N3O4/c32-31(33,34)28(39)25(27(38)21-15-8-3-9-16-21)36-35-23-18-10-17-22-24(23)30(41)37(29(22)40)26(19-11-4-1-5-12-19)20-13-6-2-7-14-20/h1-18,26,38H/b27-25-,36-35?. The molecule has 0 fully saturated rings. The van der Waals surface area contributed by atoms with Crippen molar-refractivity contribution >= 4 is 29.0 Å². The first-order valence-corrected chi connectivity index (χ1v) is 12.3. The van der Waals surface area contributed by atoms with Crippen LogP contribution in [0.1, 0.15) is 43.4 Å². The van der Waals surface area contributed by atoms with E-state index >= 15 is 0 Å². The summed E-state index contributed by atoms with van der Waals surface area (Å²) in [6.07, 6.45) is -5.36. The maximum atomic E-state index is 13.8. The smallest absolute Gasteiger partial charge is 0.456 e. The Morgan fingerprint density at radius 2 is 1.27 bits per heavy atom. The molecule has 1 N–H and O–H groups in total. The average molecular weight is 556 g/mol. The number of aliphatic hydroxyl groups excluding tert-OH is 1. The molecule has 4 aromatic carbocycles. The highest BCUT2D eigenvalue weighted by atomic mass is 19.4. The zero-order valence-corrected chi connectivity index (χ0v) is 21.1. The van der Waals surface area contributed by atoms with E-state index < -0.39 is 41.3 Å². The van der Waals surface area contributed by atoms with E-state index in [2.05, 4.69) is 10.2 Å². The van der Waals surface area contributed by atoms with Crippen LogP contribution in [-0.2, 0) is 4.79 Å². The SMILES string of the molecule is O=C1c2cccc(N=N/C(C(=O)C(F)(F)F)=C(\O)c3ccccc3)c2C(=O)N1C(c1ccccc1)c1ccccc1. The minimum absolute atomic E-state index is 0.0247. The molecule has 41 heavy (non-hydrogen) atoms. The van der Waals surface area contributed by atoms with Gasteiger partial charge in [0.15, 0.2) is 11.5 Å². The number of azo groups is 1. The van der Waals surface area contributed by atoms with Gasteiger partial charge in [0, 0.05) is 5.56 Å². The summed E-state index contributed by atoms with van der Waals surface area (Å²) in [5.74, 6) is -4.83. The second kappa shape index (κ2) is 11.0. The van der Waals surface area contributed by atoms with Crippen molar-refractivity contribution in [2.45, 2.75) is 12.2 Å². The Balaban J connectivity index is 1.60. The highest BCUT2D eigenvalue weighted by Crippen LogP contribution is 2.39. The molecule has 0 radical (unpaired) electrons. The van der Waals surface area contributed by atoms with E-state index in [-0.39, 0.29) is 22.4 Å². The predicted octanol–water partition coefficient (Wildman–Crippen LogP) is 7.21. The fraction of sp³-hybridized carbons (Fsp3) is 0.0645. The summed E-state index contributed by atoms with van der Waals surface area (Å²) in [5, 5.41) is 17.8. The zero-order valence-electron chi connectivity index (χ0n) is 21.1. The maximum absolute atomic E-state index is 13.8. The summed E-state index contributed by atoms with van der Waals surface area (Å²) in [7, 11) is 0. The number of aliphatic hydroxyl groups is 1. The van der Waals surface area contributed by atoms with Crippen molar-refractivity contribution in [1.82, 2.24) is 4.90 Å². The first-order valence-electron chi connectivity index (χ1n) is 12.3. The molecule has 0 bridgehead atoms. The van der Waals surface area contributed by atoms with Crippen molar-refractivity contribution in [3.05, 3.63) is 143 Å². The summed E-state index contributed by atoms with van der Waals surface area (Å²) >= 11 is 0. The highest BCUT2D eigenvalue weighted by Gasteiger charge is 2.44. The van der Waals surface area contributed by atoms with Gasteiger partial charge in [-0.3, -0.25) is 19.3 Å². The summed E-state index contributed by atoms with van der Waals surface area (Å²) in [6, 6.07) is 28.1. The Labute approximate surface area is 231 Å². The Morgan fingerprint density at radius 3 is 1.80 bits per heavy atom. The van der Waals surface area contributed by atoms with E-state index in [1.165, 1.54) is 42.5 Å². The lowest BCUT2D eigenvalue weighted by Gasteiger charge is -2.27. The zero-order chi connectivity index (χ0) is 29.1. The fourth-order valence-electron chi connectivity index (χ4n) is 4.54. The van der Waals surface area contributed by atoms with Gasteiger partial charge in [0.2, 0.25) is 0 Å². The number of Topliss-reactive ketones (excluding diaryl/α,β-unsaturated/α-hetero) is 1. The van der Waals surface area contributed by atoms with Gasteiger partial charge in [0.1, 0.15) is 0 Å². The first kappa shape index (κ1) is 27.2. The molecule has 4 aromatic rings. The normalized spacial score (nSPS) is 14.0. The number of hydrogen-bond donors (Lipinski definition) is 1. The van der Waals surface area contributed by atoms with Crippen LogP contribution in [0.15, 0.2) is 125 Å². The van der Waals surface area contributed by atoms with Crippen LogP contribution in [0, 0.1) is 0 Å². The lowest BCUT2D eigenvalue weighted by atomic mass is 9.97. The van der Waals surface area contributed by atoms with Crippen LogP contribution in [0.25, 0.3) is 5.76 Å². The number of ketones is 1. The molecule has 0 aromatic heterocycles. The predicted molar refractivity (Wildman–Crippen MR) is 143 cm³/mol. The van der Waals surface area contributed by atoms with Crippen LogP contribution < -0.4 is 0 Å². The van der Waals surface area contributed by atoms with Crippen molar-refractivity contribution in [3.8, 4) is 0 Å². The van der Waals surface area contributed by atoms with Crippen molar-refractivity contribution in [2.24, 2.45) is 10.2 Å². The van der Waals surface area contributed by atoms with Crippen LogP contribution in [0.4, 0.5) is 18.9 Å². The van der Waals surface area contributed by atoms with E-state index in [0.29, 0.717) is 11.1 Å². The molecule has 1 heterocycles. The lowest BCUT2D eigenvalue weighted by Crippen LogP contribution is -2.34. The molecule has 10 heteroatoms. The number of benzene rings is 4. The maximum Gasteiger partial charge on any atom is 0.456 e. The van der Waals surface area contributed by atoms with Gasteiger partial charge in [-0.2, -0.15) is 13.2 Å². The quantitative estimate of drug-likeness (QED) is 0.113. The summed E-state index contributed by atoms with van der Waals surface area (Å²) in [4.78, 5) is 40.6. The van der Waals surface area contributed by atoms with Gasteiger partial charge in [-0.1, -0.05) is 97.1 Å². The van der Waals surface area contributed by atoms with Crippen molar-refractivity contribution in [2.75, 3.05) is 0 Å². The Kier molecular flexibility index (Phi) is 7.30. The Morgan fingerprint density at radius 1 is 0.732 bits per heavy atom. The number of carbonyl (C=O) groups excluding carboxylic acids is 3. The second-order valence-corrected chi connectivity index (χ2v) is 8.99. The summed E-state index contributed by atoms with van der Waals surface area (Å²) < 4.78 is 40.2. The van der Waals surface area contributed by atoms with E-state index in [1.807, 2.05) is 0 Å². The van der Waals surface area contributed by atoms with Crippen LogP contribution in [-0.4, -0.2) is 33.8 Å². The minimum atomic E-state index is -5.36. The number of allylic oxidation sites excluding steroid dienone is 1. The van der Waals surface area contributed by atoms with Gasteiger partial charge in [-0.25, -0.2) is 0 Å². The van der Waals surface area contributed by atoms with Gasteiger partial charge < -0.3 is 5.11 Å². The number of hydrogen-bond acceptors (Lipinski definition) is 6. The molecule has 0 aliphatic carbocycles. The van der Waals surface area contributed by atoms with E-state index in [0.717, 1.165) is 4.90 Å². The number of amides is 2. The minimum Gasteiger partial charge on any atom is -0.505 e. The first-order chi connectivity index (χ1) is 19.7. The number of halogens is 3. The molecule has 5 rings (SSSR count). The molecular weight excluding hydrogens is 535 g/mol. The van der Waals surface area contributed by atoms with Gasteiger partial charge in [-0.05, 0) is 23.3 Å². The molecule has 0 saturated carbocycles. The third-order valence-corrected chi connectivity index (χ3v) is 6.41. The molecular formula is C31H20F3N3O4. The molecule has 0 saturated heterocycles. The largest absolute Gasteiger partial charge is 0.505 e. The van der Waals surface area contributed by atoms with E-state index in [4.69, 9.17) is 0 Å². The number of alkyl halides is 3. The third-order valence-electron chi connectivity index (χ3n) is 6.41. The molecule has 0 atom stereocenters. The molecule has 1 aliphatic rings. The van der Waals surface area contributed by atoms with Crippen molar-refractivity contribution in [1.29, 1.82) is 0 Å². The Hall–Kier alpha value is -5.38. The molecule has 1 aliphatic heterocycles.